The smallest absolute Gasteiger partial charge is 0.382 e. The van der Waals surface area contributed by atoms with E-state index in [4.69, 9.17) is 5.11 Å². The zero-order valence-electron chi connectivity index (χ0n) is 9.80. The van der Waals surface area contributed by atoms with Gasteiger partial charge in [0, 0.05) is 12.6 Å². The molecule has 96 valence electrons. The molecule has 0 spiro atoms. The largest absolute Gasteiger partial charge is 0.415 e. The highest BCUT2D eigenvalue weighted by Crippen LogP contribution is 2.28. The molecule has 0 aliphatic heterocycles. The molecule has 16 heavy (non-hydrogen) atoms. The first-order valence-corrected chi connectivity index (χ1v) is 5.75. The zero-order chi connectivity index (χ0) is 12.3. The van der Waals surface area contributed by atoms with Crippen molar-refractivity contribution in [1.29, 1.82) is 0 Å². The summed E-state index contributed by atoms with van der Waals surface area (Å²) in [4.78, 5) is 1.64. The van der Waals surface area contributed by atoms with E-state index in [1.165, 1.54) is 0 Å². The van der Waals surface area contributed by atoms with Crippen molar-refractivity contribution in [2.75, 3.05) is 13.6 Å². The van der Waals surface area contributed by atoms with Crippen LogP contribution in [0.15, 0.2) is 0 Å². The van der Waals surface area contributed by atoms with Crippen molar-refractivity contribution in [1.82, 2.24) is 4.90 Å². The Morgan fingerprint density at radius 1 is 1.25 bits per heavy atom. The minimum Gasteiger partial charge on any atom is -0.382 e. The lowest BCUT2D eigenvalue weighted by Crippen LogP contribution is -2.44. The summed E-state index contributed by atoms with van der Waals surface area (Å²) >= 11 is 0. The summed E-state index contributed by atoms with van der Waals surface area (Å²) in [6.45, 7) is 1.85. The van der Waals surface area contributed by atoms with Gasteiger partial charge in [-0.25, -0.2) is 0 Å². The van der Waals surface area contributed by atoms with Crippen molar-refractivity contribution in [3.63, 3.8) is 0 Å². The van der Waals surface area contributed by atoms with Gasteiger partial charge in [0.15, 0.2) is 6.10 Å². The highest BCUT2D eigenvalue weighted by atomic mass is 19.4. The molecule has 1 saturated carbocycles. The Morgan fingerprint density at radius 2 is 1.75 bits per heavy atom. The average Bonchev–Trinajstić information content (AvgIpc) is 2.17. The Hall–Kier alpha value is -0.290. The molecule has 5 heteroatoms. The maximum absolute atomic E-state index is 12.2. The van der Waals surface area contributed by atoms with E-state index in [1.54, 1.807) is 11.9 Å². The second-order valence-corrected chi connectivity index (χ2v) is 4.91. The van der Waals surface area contributed by atoms with E-state index in [0.717, 1.165) is 25.7 Å². The molecule has 0 radical (unpaired) electrons. The lowest BCUT2D eigenvalue weighted by molar-refractivity contribution is -0.208. The minimum absolute atomic E-state index is 0.188. The Kier molecular flexibility index (Phi) is 4.62. The number of hydrogen-bond acceptors (Lipinski definition) is 2. The van der Waals surface area contributed by atoms with Crippen molar-refractivity contribution < 1.29 is 18.3 Å². The van der Waals surface area contributed by atoms with Crippen molar-refractivity contribution in [2.24, 2.45) is 5.92 Å². The van der Waals surface area contributed by atoms with Crippen LogP contribution < -0.4 is 0 Å². The van der Waals surface area contributed by atoms with Gasteiger partial charge in [-0.15, -0.1) is 0 Å². The molecule has 0 aromatic rings. The molecule has 0 amide bonds. The average molecular weight is 239 g/mol. The number of aliphatic hydroxyl groups is 1. The molecular weight excluding hydrogens is 219 g/mol. The minimum atomic E-state index is -4.50. The van der Waals surface area contributed by atoms with Crippen LogP contribution in [0.25, 0.3) is 0 Å². The molecule has 1 aliphatic rings. The molecule has 1 aliphatic carbocycles. The van der Waals surface area contributed by atoms with Crippen LogP contribution in [0.2, 0.25) is 0 Å². The maximum atomic E-state index is 12.2. The van der Waals surface area contributed by atoms with Crippen molar-refractivity contribution in [3.8, 4) is 0 Å². The van der Waals surface area contributed by atoms with Gasteiger partial charge < -0.3 is 10.0 Å². The third-order valence-electron chi connectivity index (χ3n) is 3.45. The van der Waals surface area contributed by atoms with Crippen LogP contribution in [-0.4, -0.2) is 41.9 Å². The van der Waals surface area contributed by atoms with Crippen LogP contribution in [-0.2, 0) is 0 Å². The van der Waals surface area contributed by atoms with Crippen molar-refractivity contribution in [3.05, 3.63) is 0 Å². The predicted molar refractivity (Wildman–Crippen MR) is 56.1 cm³/mol. The molecule has 0 aromatic carbocycles. The molecule has 2 nitrogen and oxygen atoms in total. The monoisotopic (exact) mass is 239 g/mol. The standard InChI is InChI=1S/C11H20F3NO/c1-8-3-5-9(6-4-8)15(2)7-10(16)11(12,13)14/h8-10,16H,3-7H2,1-2H3. The van der Waals surface area contributed by atoms with Crippen LogP contribution in [0, 0.1) is 5.92 Å². The third kappa shape index (κ3) is 3.94. The summed E-state index contributed by atoms with van der Waals surface area (Å²) in [6, 6.07) is 0.188. The van der Waals surface area contributed by atoms with E-state index in [9.17, 15) is 13.2 Å². The molecule has 0 saturated heterocycles. The number of likely N-dealkylation sites (N-methyl/N-ethyl adjacent to an activating group) is 1. The van der Waals surface area contributed by atoms with E-state index in [-0.39, 0.29) is 12.6 Å². The van der Waals surface area contributed by atoms with Gasteiger partial charge in [-0.1, -0.05) is 6.92 Å². The molecule has 1 unspecified atom stereocenters. The maximum Gasteiger partial charge on any atom is 0.415 e. The number of nitrogens with zero attached hydrogens (tertiary/aromatic N) is 1. The number of aliphatic hydroxyl groups excluding tert-OH is 1. The second kappa shape index (κ2) is 5.36. The molecule has 0 aromatic heterocycles. The van der Waals surface area contributed by atoms with Crippen molar-refractivity contribution in [2.45, 2.75) is 50.9 Å². The van der Waals surface area contributed by atoms with Gasteiger partial charge in [0.1, 0.15) is 0 Å². The third-order valence-corrected chi connectivity index (χ3v) is 3.45. The summed E-state index contributed by atoms with van der Waals surface area (Å²) in [6.07, 6.45) is -2.73. The van der Waals surface area contributed by atoms with Crippen LogP contribution in [0.3, 0.4) is 0 Å². The lowest BCUT2D eigenvalue weighted by Gasteiger charge is -2.34. The molecule has 1 rings (SSSR count). The number of hydrogen-bond donors (Lipinski definition) is 1. The topological polar surface area (TPSA) is 23.5 Å². The lowest BCUT2D eigenvalue weighted by atomic mass is 9.86. The van der Waals surface area contributed by atoms with E-state index in [1.807, 2.05) is 0 Å². The van der Waals surface area contributed by atoms with Gasteiger partial charge in [-0.3, -0.25) is 0 Å². The quantitative estimate of drug-likeness (QED) is 0.817. The Bertz CT molecular complexity index is 212. The van der Waals surface area contributed by atoms with Gasteiger partial charge in [-0.2, -0.15) is 13.2 Å². The van der Waals surface area contributed by atoms with Gasteiger partial charge in [0.05, 0.1) is 0 Å². The Labute approximate surface area is 94.4 Å². The Morgan fingerprint density at radius 3 is 2.19 bits per heavy atom. The molecule has 1 N–H and O–H groups in total. The van der Waals surface area contributed by atoms with Gasteiger partial charge in [0.2, 0.25) is 0 Å². The van der Waals surface area contributed by atoms with E-state index >= 15 is 0 Å². The fourth-order valence-electron chi connectivity index (χ4n) is 2.21. The SMILES string of the molecule is CC1CCC(N(C)CC(O)C(F)(F)F)CC1. The van der Waals surface area contributed by atoms with Crippen LogP contribution in [0.4, 0.5) is 13.2 Å². The number of alkyl halides is 3. The Balaban J connectivity index is 2.37. The fourth-order valence-corrected chi connectivity index (χ4v) is 2.21. The van der Waals surface area contributed by atoms with E-state index in [0.29, 0.717) is 5.92 Å². The summed E-state index contributed by atoms with van der Waals surface area (Å²) < 4.78 is 36.5. The summed E-state index contributed by atoms with van der Waals surface area (Å²) in [5, 5.41) is 8.97. The van der Waals surface area contributed by atoms with Crippen molar-refractivity contribution >= 4 is 0 Å². The van der Waals surface area contributed by atoms with Crippen LogP contribution in [0.1, 0.15) is 32.6 Å². The van der Waals surface area contributed by atoms with Crippen LogP contribution >= 0.6 is 0 Å². The molecular formula is C11H20F3NO. The highest BCUT2D eigenvalue weighted by Gasteiger charge is 2.39. The van der Waals surface area contributed by atoms with E-state index < -0.39 is 12.3 Å². The fraction of sp³-hybridized carbons (Fsp3) is 1.00. The number of rotatable bonds is 3. The zero-order valence-corrected chi connectivity index (χ0v) is 9.80. The van der Waals surface area contributed by atoms with Gasteiger partial charge in [-0.05, 0) is 38.6 Å². The summed E-state index contributed by atoms with van der Waals surface area (Å²) in [5.74, 6) is 0.678. The van der Waals surface area contributed by atoms with Crippen LogP contribution in [0.5, 0.6) is 0 Å². The molecule has 0 heterocycles. The molecule has 1 atom stereocenters. The second-order valence-electron chi connectivity index (χ2n) is 4.91. The molecule has 0 bridgehead atoms. The van der Waals surface area contributed by atoms with Gasteiger partial charge in [0.25, 0.3) is 0 Å². The predicted octanol–water partition coefficient (Wildman–Crippen LogP) is 2.42. The summed E-state index contributed by atoms with van der Waals surface area (Å²) in [7, 11) is 1.66. The first-order chi connectivity index (χ1) is 7.30. The first kappa shape index (κ1) is 13.8. The normalized spacial score (nSPS) is 29.4. The van der Waals surface area contributed by atoms with Gasteiger partial charge >= 0.3 is 6.18 Å². The highest BCUT2D eigenvalue weighted by molar-refractivity contribution is 4.79. The van der Waals surface area contributed by atoms with E-state index in [2.05, 4.69) is 6.92 Å². The first-order valence-electron chi connectivity index (χ1n) is 5.75. The molecule has 1 fully saturated rings. The number of halogens is 3. The summed E-state index contributed by atoms with van der Waals surface area (Å²) in [5.41, 5.74) is 0.